The summed E-state index contributed by atoms with van der Waals surface area (Å²) < 4.78 is 19.0. The molecule has 0 aromatic heterocycles. The maximum absolute atomic E-state index is 13.3. The Hall–Kier alpha value is -1.29. The van der Waals surface area contributed by atoms with Crippen LogP contribution in [-0.2, 0) is 4.74 Å². The minimum atomic E-state index is -0.357. The number of anilines is 2. The molecule has 2 atom stereocenters. The second-order valence-electron chi connectivity index (χ2n) is 4.33. The molecule has 0 spiro atoms. The minimum absolute atomic E-state index is 0.145. The summed E-state index contributed by atoms with van der Waals surface area (Å²) >= 11 is 0. The topological polar surface area (TPSA) is 38.5 Å². The van der Waals surface area contributed by atoms with Crippen molar-refractivity contribution >= 4 is 11.4 Å². The molecule has 2 unspecified atom stereocenters. The normalized spacial score (nSPS) is 25.8. The highest BCUT2D eigenvalue weighted by atomic mass is 19.1. The molecule has 1 aliphatic heterocycles. The van der Waals surface area contributed by atoms with Crippen molar-refractivity contribution in [1.82, 2.24) is 0 Å². The van der Waals surface area contributed by atoms with Gasteiger partial charge in [0.15, 0.2) is 0 Å². The van der Waals surface area contributed by atoms with Crippen molar-refractivity contribution in [2.45, 2.75) is 26.1 Å². The second kappa shape index (κ2) is 4.29. The molecule has 3 nitrogen and oxygen atoms in total. The summed E-state index contributed by atoms with van der Waals surface area (Å²) in [7, 11) is 0. The SMILES string of the molecule is CC1CN(c2cccc(F)c2N)CC(C)O1. The average molecular weight is 224 g/mol. The number of hydrogen-bond acceptors (Lipinski definition) is 3. The van der Waals surface area contributed by atoms with E-state index in [1.54, 1.807) is 6.07 Å². The van der Waals surface area contributed by atoms with E-state index in [2.05, 4.69) is 4.90 Å². The summed E-state index contributed by atoms with van der Waals surface area (Å²) in [5.74, 6) is -0.357. The Balaban J connectivity index is 2.26. The van der Waals surface area contributed by atoms with Crippen LogP contribution in [0, 0.1) is 5.82 Å². The van der Waals surface area contributed by atoms with Crippen LogP contribution in [0.1, 0.15) is 13.8 Å². The van der Waals surface area contributed by atoms with Gasteiger partial charge in [0.1, 0.15) is 5.82 Å². The van der Waals surface area contributed by atoms with E-state index < -0.39 is 0 Å². The maximum Gasteiger partial charge on any atom is 0.148 e. The van der Waals surface area contributed by atoms with Gasteiger partial charge in [-0.3, -0.25) is 0 Å². The molecule has 0 aliphatic carbocycles. The van der Waals surface area contributed by atoms with E-state index in [4.69, 9.17) is 10.5 Å². The fourth-order valence-electron chi connectivity index (χ4n) is 2.18. The molecule has 2 rings (SSSR count). The van der Waals surface area contributed by atoms with Gasteiger partial charge in [-0.1, -0.05) is 6.07 Å². The van der Waals surface area contributed by atoms with Crippen LogP contribution in [0.25, 0.3) is 0 Å². The zero-order valence-electron chi connectivity index (χ0n) is 9.61. The summed E-state index contributed by atoms with van der Waals surface area (Å²) in [6.07, 6.45) is 0.290. The smallest absolute Gasteiger partial charge is 0.148 e. The Bertz CT molecular complexity index is 373. The predicted octanol–water partition coefficient (Wildman–Crippen LogP) is 2.02. The zero-order valence-corrected chi connectivity index (χ0v) is 9.61. The van der Waals surface area contributed by atoms with Crippen LogP contribution >= 0.6 is 0 Å². The van der Waals surface area contributed by atoms with Crippen molar-refractivity contribution in [2.24, 2.45) is 0 Å². The molecule has 0 radical (unpaired) electrons. The first-order valence-corrected chi connectivity index (χ1v) is 5.52. The molecule has 88 valence electrons. The van der Waals surface area contributed by atoms with E-state index in [0.29, 0.717) is 0 Å². The largest absolute Gasteiger partial charge is 0.395 e. The van der Waals surface area contributed by atoms with Gasteiger partial charge in [0, 0.05) is 13.1 Å². The monoisotopic (exact) mass is 224 g/mol. The predicted molar refractivity (Wildman–Crippen MR) is 63.0 cm³/mol. The number of benzene rings is 1. The van der Waals surface area contributed by atoms with Gasteiger partial charge >= 0.3 is 0 Å². The molecule has 1 aromatic rings. The van der Waals surface area contributed by atoms with E-state index in [0.717, 1.165) is 18.8 Å². The highest BCUT2D eigenvalue weighted by Gasteiger charge is 2.24. The average Bonchev–Trinajstić information content (AvgIpc) is 2.20. The van der Waals surface area contributed by atoms with Gasteiger partial charge in [-0.05, 0) is 26.0 Å². The summed E-state index contributed by atoms with van der Waals surface area (Å²) in [4.78, 5) is 2.08. The highest BCUT2D eigenvalue weighted by molar-refractivity contribution is 5.68. The quantitative estimate of drug-likeness (QED) is 0.742. The maximum atomic E-state index is 13.3. The molecule has 0 bridgehead atoms. The van der Waals surface area contributed by atoms with Gasteiger partial charge in [0.25, 0.3) is 0 Å². The number of hydrogen-bond donors (Lipinski definition) is 1. The van der Waals surface area contributed by atoms with E-state index in [1.807, 2.05) is 19.9 Å². The van der Waals surface area contributed by atoms with Crippen LogP contribution in [0.5, 0.6) is 0 Å². The fourth-order valence-corrected chi connectivity index (χ4v) is 2.18. The first-order valence-electron chi connectivity index (χ1n) is 5.52. The van der Waals surface area contributed by atoms with Crippen LogP contribution in [0.3, 0.4) is 0 Å². The third-order valence-corrected chi connectivity index (χ3v) is 2.79. The lowest BCUT2D eigenvalue weighted by Gasteiger charge is -2.37. The lowest BCUT2D eigenvalue weighted by atomic mass is 10.1. The van der Waals surface area contributed by atoms with Crippen LogP contribution in [0.15, 0.2) is 18.2 Å². The Morgan fingerprint density at radius 2 is 1.94 bits per heavy atom. The molecule has 2 N–H and O–H groups in total. The molecular weight excluding hydrogens is 207 g/mol. The molecule has 1 fully saturated rings. The molecule has 0 saturated carbocycles. The van der Waals surface area contributed by atoms with Gasteiger partial charge in [-0.2, -0.15) is 0 Å². The molecular formula is C12H17FN2O. The molecule has 0 amide bonds. The van der Waals surface area contributed by atoms with Crippen molar-refractivity contribution in [3.8, 4) is 0 Å². The van der Waals surface area contributed by atoms with Gasteiger partial charge in [0.2, 0.25) is 0 Å². The number of ether oxygens (including phenoxy) is 1. The number of nitrogens with zero attached hydrogens (tertiary/aromatic N) is 1. The van der Waals surface area contributed by atoms with Crippen molar-refractivity contribution in [3.05, 3.63) is 24.0 Å². The third kappa shape index (κ3) is 2.11. The first kappa shape index (κ1) is 11.2. The van der Waals surface area contributed by atoms with E-state index in [-0.39, 0.29) is 23.7 Å². The van der Waals surface area contributed by atoms with Gasteiger partial charge < -0.3 is 15.4 Å². The Morgan fingerprint density at radius 1 is 1.31 bits per heavy atom. The lowest BCUT2D eigenvalue weighted by Crippen LogP contribution is -2.45. The van der Waals surface area contributed by atoms with Gasteiger partial charge in [-0.25, -0.2) is 4.39 Å². The number of morpholine rings is 1. The summed E-state index contributed by atoms with van der Waals surface area (Å²) in [5.41, 5.74) is 6.74. The van der Waals surface area contributed by atoms with Crippen molar-refractivity contribution in [2.75, 3.05) is 23.7 Å². The number of rotatable bonds is 1. The minimum Gasteiger partial charge on any atom is -0.395 e. The lowest BCUT2D eigenvalue weighted by molar-refractivity contribution is -0.00518. The summed E-state index contributed by atoms with van der Waals surface area (Å²) in [6.45, 7) is 5.52. The highest BCUT2D eigenvalue weighted by Crippen LogP contribution is 2.28. The number of para-hydroxylation sites is 1. The number of nitrogens with two attached hydrogens (primary N) is 1. The van der Waals surface area contributed by atoms with E-state index >= 15 is 0 Å². The Kier molecular flexibility index (Phi) is 3.01. The van der Waals surface area contributed by atoms with Crippen LogP contribution in [-0.4, -0.2) is 25.3 Å². The second-order valence-corrected chi connectivity index (χ2v) is 4.33. The van der Waals surface area contributed by atoms with Gasteiger partial charge in [0.05, 0.1) is 23.6 Å². The standard InChI is InChI=1S/C12H17FN2O/c1-8-6-15(7-9(2)16-8)11-5-3-4-10(13)12(11)14/h3-5,8-9H,6-7,14H2,1-2H3. The third-order valence-electron chi connectivity index (χ3n) is 2.79. The molecule has 1 aromatic carbocycles. The Morgan fingerprint density at radius 3 is 2.56 bits per heavy atom. The number of halogens is 1. The molecule has 4 heteroatoms. The first-order chi connectivity index (χ1) is 7.58. The van der Waals surface area contributed by atoms with Crippen molar-refractivity contribution < 1.29 is 9.13 Å². The van der Waals surface area contributed by atoms with E-state index in [9.17, 15) is 4.39 Å². The summed E-state index contributed by atoms with van der Waals surface area (Å²) in [6, 6.07) is 4.92. The van der Waals surface area contributed by atoms with E-state index in [1.165, 1.54) is 6.07 Å². The van der Waals surface area contributed by atoms with Crippen LogP contribution in [0.4, 0.5) is 15.8 Å². The molecule has 1 heterocycles. The fraction of sp³-hybridized carbons (Fsp3) is 0.500. The molecule has 1 aliphatic rings. The molecule has 1 saturated heterocycles. The van der Waals surface area contributed by atoms with Crippen LogP contribution < -0.4 is 10.6 Å². The van der Waals surface area contributed by atoms with Crippen molar-refractivity contribution in [3.63, 3.8) is 0 Å². The van der Waals surface area contributed by atoms with Crippen LogP contribution in [0.2, 0.25) is 0 Å². The zero-order chi connectivity index (χ0) is 11.7. The summed E-state index contributed by atoms with van der Waals surface area (Å²) in [5, 5.41) is 0. The molecule has 16 heavy (non-hydrogen) atoms. The van der Waals surface area contributed by atoms with Crippen molar-refractivity contribution in [1.29, 1.82) is 0 Å². The number of nitrogen functional groups attached to an aromatic ring is 1. The van der Waals surface area contributed by atoms with Gasteiger partial charge in [-0.15, -0.1) is 0 Å². The Labute approximate surface area is 95.0 Å².